The van der Waals surface area contributed by atoms with Gasteiger partial charge in [-0.25, -0.2) is 4.39 Å². The van der Waals surface area contributed by atoms with E-state index in [0.717, 1.165) is 0 Å². The van der Waals surface area contributed by atoms with Crippen LogP contribution in [-0.4, -0.2) is 31.7 Å². The molecule has 106 valence electrons. The van der Waals surface area contributed by atoms with Crippen molar-refractivity contribution < 1.29 is 27.0 Å². The van der Waals surface area contributed by atoms with Crippen LogP contribution in [-0.2, 0) is 0 Å². The van der Waals surface area contributed by atoms with Crippen LogP contribution >= 0.6 is 0 Å². The van der Waals surface area contributed by atoms with Gasteiger partial charge >= 0.3 is 6.36 Å². The van der Waals surface area contributed by atoms with Crippen molar-refractivity contribution in [3.8, 4) is 11.5 Å². The number of hydrogen-bond donors (Lipinski definition) is 1. The molecule has 0 aliphatic carbocycles. The second kappa shape index (κ2) is 5.64. The molecule has 0 amide bonds. The van der Waals surface area contributed by atoms with Gasteiger partial charge in [-0.2, -0.15) is 0 Å². The van der Waals surface area contributed by atoms with Gasteiger partial charge in [0.2, 0.25) is 0 Å². The van der Waals surface area contributed by atoms with E-state index in [1.165, 1.54) is 24.3 Å². The summed E-state index contributed by atoms with van der Waals surface area (Å²) in [5, 5.41) is 2.95. The van der Waals surface area contributed by atoms with E-state index in [2.05, 4.69) is 10.1 Å². The van der Waals surface area contributed by atoms with Gasteiger partial charge < -0.3 is 14.8 Å². The fourth-order valence-electron chi connectivity index (χ4n) is 1.90. The lowest BCUT2D eigenvalue weighted by Gasteiger charge is -2.13. The van der Waals surface area contributed by atoms with E-state index in [1.807, 2.05) is 0 Å². The number of ether oxygens (including phenoxy) is 2. The van der Waals surface area contributed by atoms with Crippen molar-refractivity contribution in [2.45, 2.75) is 24.9 Å². The standard InChI is InChI=1S/C12H13F4NO2/c13-6-8-5-11(7-17-8)18-9-1-3-10(4-2-9)19-12(14,15)16/h1-4,8,11,17H,5-7H2/t8-,11-/m0/s1. The predicted molar refractivity (Wildman–Crippen MR) is 59.9 cm³/mol. The molecular formula is C12H13F4NO2. The molecule has 1 heterocycles. The summed E-state index contributed by atoms with van der Waals surface area (Å²) in [6.07, 6.45) is -4.33. The number of nitrogens with one attached hydrogen (secondary N) is 1. The second-order valence-electron chi connectivity index (χ2n) is 4.25. The Labute approximate surface area is 107 Å². The van der Waals surface area contributed by atoms with Gasteiger partial charge in [-0.3, -0.25) is 0 Å². The van der Waals surface area contributed by atoms with Crippen LogP contribution in [0, 0.1) is 0 Å². The molecule has 0 unspecified atom stereocenters. The summed E-state index contributed by atoms with van der Waals surface area (Å²) in [5.41, 5.74) is 0. The van der Waals surface area contributed by atoms with E-state index in [0.29, 0.717) is 18.7 Å². The van der Waals surface area contributed by atoms with E-state index < -0.39 is 13.0 Å². The first-order chi connectivity index (χ1) is 8.96. The summed E-state index contributed by atoms with van der Waals surface area (Å²) in [5.74, 6) is 0.131. The molecule has 0 spiro atoms. The zero-order valence-corrected chi connectivity index (χ0v) is 9.91. The minimum Gasteiger partial charge on any atom is -0.489 e. The molecule has 3 nitrogen and oxygen atoms in total. The summed E-state index contributed by atoms with van der Waals surface area (Å²) < 4.78 is 57.5. The first-order valence-corrected chi connectivity index (χ1v) is 5.78. The number of hydrogen-bond acceptors (Lipinski definition) is 3. The maximum Gasteiger partial charge on any atom is 0.573 e. The maximum absolute atomic E-state index is 12.4. The van der Waals surface area contributed by atoms with Gasteiger partial charge in [-0.05, 0) is 24.3 Å². The Kier molecular flexibility index (Phi) is 4.14. The Bertz CT molecular complexity index is 407. The average Bonchev–Trinajstić information content (AvgIpc) is 2.77. The normalized spacial score (nSPS) is 23.4. The second-order valence-corrected chi connectivity index (χ2v) is 4.25. The lowest BCUT2D eigenvalue weighted by molar-refractivity contribution is -0.274. The van der Waals surface area contributed by atoms with Crippen molar-refractivity contribution in [2.75, 3.05) is 13.2 Å². The highest BCUT2D eigenvalue weighted by atomic mass is 19.4. The summed E-state index contributed by atoms with van der Waals surface area (Å²) in [6, 6.07) is 4.93. The van der Waals surface area contributed by atoms with Gasteiger partial charge in [0.1, 0.15) is 24.3 Å². The van der Waals surface area contributed by atoms with Crippen LogP contribution in [0.1, 0.15) is 6.42 Å². The predicted octanol–water partition coefficient (Wildman–Crippen LogP) is 2.66. The summed E-state index contributed by atoms with van der Waals surface area (Å²) in [7, 11) is 0. The number of alkyl halides is 4. The molecule has 1 aromatic carbocycles. The topological polar surface area (TPSA) is 30.5 Å². The molecule has 0 aromatic heterocycles. The third kappa shape index (κ3) is 4.27. The van der Waals surface area contributed by atoms with Crippen LogP contribution in [0.4, 0.5) is 17.6 Å². The molecule has 1 saturated heterocycles. The van der Waals surface area contributed by atoms with E-state index >= 15 is 0 Å². The fourth-order valence-corrected chi connectivity index (χ4v) is 1.90. The molecule has 1 aliphatic rings. The lowest BCUT2D eigenvalue weighted by atomic mass is 10.2. The van der Waals surface area contributed by atoms with E-state index in [4.69, 9.17) is 4.74 Å². The van der Waals surface area contributed by atoms with Crippen LogP contribution < -0.4 is 14.8 Å². The van der Waals surface area contributed by atoms with Crippen LogP contribution in [0.2, 0.25) is 0 Å². The van der Waals surface area contributed by atoms with Gasteiger partial charge in [-0.1, -0.05) is 0 Å². The average molecular weight is 279 g/mol. The molecule has 7 heteroatoms. The molecular weight excluding hydrogens is 266 g/mol. The third-order valence-electron chi connectivity index (χ3n) is 2.73. The molecule has 2 rings (SSSR count). The van der Waals surface area contributed by atoms with Gasteiger partial charge in [-0.15, -0.1) is 13.2 Å². The van der Waals surface area contributed by atoms with Crippen LogP contribution in [0.25, 0.3) is 0 Å². The van der Waals surface area contributed by atoms with Crippen LogP contribution in [0.3, 0.4) is 0 Å². The molecule has 0 radical (unpaired) electrons. The van der Waals surface area contributed by atoms with E-state index in [1.54, 1.807) is 0 Å². The third-order valence-corrected chi connectivity index (χ3v) is 2.73. The van der Waals surface area contributed by atoms with Gasteiger partial charge in [0.15, 0.2) is 0 Å². The fraction of sp³-hybridized carbons (Fsp3) is 0.500. The van der Waals surface area contributed by atoms with Crippen LogP contribution in [0.5, 0.6) is 11.5 Å². The molecule has 1 aliphatic heterocycles. The van der Waals surface area contributed by atoms with Crippen molar-refractivity contribution in [3.63, 3.8) is 0 Å². The Balaban J connectivity index is 1.89. The summed E-state index contributed by atoms with van der Waals surface area (Å²) in [4.78, 5) is 0. The zero-order valence-electron chi connectivity index (χ0n) is 9.91. The quantitative estimate of drug-likeness (QED) is 0.860. The van der Waals surface area contributed by atoms with E-state index in [9.17, 15) is 17.6 Å². The highest BCUT2D eigenvalue weighted by Crippen LogP contribution is 2.25. The first kappa shape index (κ1) is 13.9. The number of halogens is 4. The largest absolute Gasteiger partial charge is 0.573 e. The first-order valence-electron chi connectivity index (χ1n) is 5.78. The molecule has 1 N–H and O–H groups in total. The smallest absolute Gasteiger partial charge is 0.489 e. The van der Waals surface area contributed by atoms with E-state index in [-0.39, 0.29) is 17.9 Å². The van der Waals surface area contributed by atoms with Gasteiger partial charge in [0.05, 0.1) is 0 Å². The molecule has 1 aromatic rings. The van der Waals surface area contributed by atoms with Crippen molar-refractivity contribution in [3.05, 3.63) is 24.3 Å². The van der Waals surface area contributed by atoms with Crippen molar-refractivity contribution >= 4 is 0 Å². The minimum atomic E-state index is -4.70. The Morgan fingerprint density at radius 1 is 1.16 bits per heavy atom. The summed E-state index contributed by atoms with van der Waals surface area (Å²) in [6.45, 7) is 0.0631. The summed E-state index contributed by atoms with van der Waals surface area (Å²) >= 11 is 0. The molecule has 2 atom stereocenters. The maximum atomic E-state index is 12.4. The minimum absolute atomic E-state index is 0.171. The van der Waals surface area contributed by atoms with Gasteiger partial charge in [0, 0.05) is 19.0 Å². The molecule has 0 bridgehead atoms. The number of benzene rings is 1. The molecule has 0 saturated carbocycles. The monoisotopic (exact) mass is 279 g/mol. The SMILES string of the molecule is FC[C@@H]1C[C@H](Oc2ccc(OC(F)(F)F)cc2)CN1. The Morgan fingerprint density at radius 2 is 1.79 bits per heavy atom. The van der Waals surface area contributed by atoms with Crippen molar-refractivity contribution in [1.82, 2.24) is 5.32 Å². The molecule has 19 heavy (non-hydrogen) atoms. The highest BCUT2D eigenvalue weighted by molar-refractivity contribution is 5.31. The molecule has 1 fully saturated rings. The van der Waals surface area contributed by atoms with Crippen molar-refractivity contribution in [2.24, 2.45) is 0 Å². The zero-order chi connectivity index (χ0) is 13.9. The van der Waals surface area contributed by atoms with Gasteiger partial charge in [0.25, 0.3) is 0 Å². The highest BCUT2D eigenvalue weighted by Gasteiger charge is 2.31. The van der Waals surface area contributed by atoms with Crippen molar-refractivity contribution in [1.29, 1.82) is 0 Å². The Morgan fingerprint density at radius 3 is 2.32 bits per heavy atom. The lowest BCUT2D eigenvalue weighted by Crippen LogP contribution is -2.23. The number of rotatable bonds is 4. The van der Waals surface area contributed by atoms with Crippen LogP contribution in [0.15, 0.2) is 24.3 Å². The Hall–Kier alpha value is -1.50.